The quantitative estimate of drug-likeness (QED) is 0.832. The van der Waals surface area contributed by atoms with Crippen LogP contribution in [0.1, 0.15) is 9.67 Å². The maximum absolute atomic E-state index is 13.4. The highest BCUT2D eigenvalue weighted by molar-refractivity contribution is 7.17. The van der Waals surface area contributed by atoms with Crippen molar-refractivity contribution >= 4 is 17.2 Å². The maximum atomic E-state index is 13.4. The largest absolute Gasteiger partial charge is 0.365 e. The van der Waals surface area contributed by atoms with E-state index in [9.17, 15) is 9.18 Å². The Hall–Kier alpha value is -1.68. The standard InChI is InChI=1S/C11H8FNOS/c12-8-4-2-1-3-7(8)9-5-6-10(15-9)11(13)14/h1-6H,(H2,13,14). The van der Waals surface area contributed by atoms with Gasteiger partial charge in [0.25, 0.3) is 5.91 Å². The van der Waals surface area contributed by atoms with E-state index < -0.39 is 5.91 Å². The molecule has 0 fully saturated rings. The van der Waals surface area contributed by atoms with Crippen LogP contribution in [0.2, 0.25) is 0 Å². The first-order chi connectivity index (χ1) is 7.18. The van der Waals surface area contributed by atoms with Gasteiger partial charge in [-0.1, -0.05) is 18.2 Å². The number of halogens is 1. The molecule has 4 heteroatoms. The summed E-state index contributed by atoms with van der Waals surface area (Å²) in [6, 6.07) is 9.74. The molecule has 2 rings (SSSR count). The number of carbonyl (C=O) groups excluding carboxylic acids is 1. The molecule has 1 aromatic carbocycles. The Morgan fingerprint density at radius 2 is 1.93 bits per heavy atom. The van der Waals surface area contributed by atoms with Crippen LogP contribution in [0.25, 0.3) is 10.4 Å². The van der Waals surface area contributed by atoms with Gasteiger partial charge in [0, 0.05) is 10.4 Å². The first-order valence-electron chi connectivity index (χ1n) is 4.33. The predicted molar refractivity (Wildman–Crippen MR) is 58.2 cm³/mol. The molecule has 1 aromatic heterocycles. The molecule has 0 radical (unpaired) electrons. The van der Waals surface area contributed by atoms with E-state index in [2.05, 4.69) is 0 Å². The summed E-state index contributed by atoms with van der Waals surface area (Å²) in [5.41, 5.74) is 5.62. The van der Waals surface area contributed by atoms with Gasteiger partial charge in [-0.3, -0.25) is 4.79 Å². The SMILES string of the molecule is NC(=O)c1ccc(-c2ccccc2F)s1. The third-order valence-corrected chi connectivity index (χ3v) is 3.12. The Morgan fingerprint density at radius 1 is 1.20 bits per heavy atom. The fourth-order valence-electron chi connectivity index (χ4n) is 1.28. The minimum Gasteiger partial charge on any atom is -0.365 e. The number of hydrogen-bond acceptors (Lipinski definition) is 2. The third-order valence-electron chi connectivity index (χ3n) is 1.99. The molecule has 0 aliphatic carbocycles. The van der Waals surface area contributed by atoms with Crippen LogP contribution in [0.5, 0.6) is 0 Å². The number of carbonyl (C=O) groups is 1. The van der Waals surface area contributed by atoms with Crippen LogP contribution < -0.4 is 5.73 Å². The van der Waals surface area contributed by atoms with Crippen molar-refractivity contribution in [3.8, 4) is 10.4 Å². The Balaban J connectivity index is 2.46. The second kappa shape index (κ2) is 3.82. The number of benzene rings is 1. The number of rotatable bonds is 2. The van der Waals surface area contributed by atoms with Crippen molar-refractivity contribution in [1.82, 2.24) is 0 Å². The van der Waals surface area contributed by atoms with Gasteiger partial charge < -0.3 is 5.73 Å². The topological polar surface area (TPSA) is 43.1 Å². The van der Waals surface area contributed by atoms with E-state index in [0.717, 1.165) is 0 Å². The molecule has 76 valence electrons. The van der Waals surface area contributed by atoms with Crippen LogP contribution in [-0.4, -0.2) is 5.91 Å². The monoisotopic (exact) mass is 221 g/mol. The lowest BCUT2D eigenvalue weighted by Gasteiger charge is -1.97. The van der Waals surface area contributed by atoms with Gasteiger partial charge in [0.05, 0.1) is 4.88 Å². The van der Waals surface area contributed by atoms with Crippen molar-refractivity contribution in [2.24, 2.45) is 5.73 Å². The summed E-state index contributed by atoms with van der Waals surface area (Å²) in [6.07, 6.45) is 0. The Labute approximate surface area is 90.2 Å². The van der Waals surface area contributed by atoms with Crippen LogP contribution in [0.4, 0.5) is 4.39 Å². The lowest BCUT2D eigenvalue weighted by molar-refractivity contribution is 0.100. The van der Waals surface area contributed by atoms with Gasteiger partial charge in [0.2, 0.25) is 0 Å². The number of amides is 1. The van der Waals surface area contributed by atoms with Crippen LogP contribution in [0.3, 0.4) is 0 Å². The van der Waals surface area contributed by atoms with Crippen LogP contribution in [-0.2, 0) is 0 Å². The van der Waals surface area contributed by atoms with Crippen molar-refractivity contribution in [3.05, 3.63) is 47.1 Å². The number of nitrogens with two attached hydrogens (primary N) is 1. The van der Waals surface area contributed by atoms with E-state index in [-0.39, 0.29) is 5.82 Å². The maximum Gasteiger partial charge on any atom is 0.258 e. The summed E-state index contributed by atoms with van der Waals surface area (Å²) in [5.74, 6) is -0.780. The van der Waals surface area contributed by atoms with Crippen molar-refractivity contribution in [2.75, 3.05) is 0 Å². The van der Waals surface area contributed by atoms with Crippen LogP contribution >= 0.6 is 11.3 Å². The second-order valence-electron chi connectivity index (χ2n) is 3.01. The predicted octanol–water partition coefficient (Wildman–Crippen LogP) is 2.65. The molecule has 2 N–H and O–H groups in total. The Kier molecular flexibility index (Phi) is 2.51. The summed E-state index contributed by atoms with van der Waals surface area (Å²) >= 11 is 1.19. The molecule has 0 unspecified atom stereocenters. The molecule has 1 amide bonds. The Morgan fingerprint density at radius 3 is 2.53 bits per heavy atom. The summed E-state index contributed by atoms with van der Waals surface area (Å²) in [6.45, 7) is 0. The zero-order valence-corrected chi connectivity index (χ0v) is 8.55. The molecule has 0 atom stereocenters. The van der Waals surface area contributed by atoms with Gasteiger partial charge in [-0.05, 0) is 18.2 Å². The van der Waals surface area contributed by atoms with Gasteiger partial charge in [-0.25, -0.2) is 4.39 Å². The molecule has 0 saturated carbocycles. The van der Waals surface area contributed by atoms with E-state index in [0.29, 0.717) is 15.3 Å². The van der Waals surface area contributed by atoms with Crippen molar-refractivity contribution in [3.63, 3.8) is 0 Å². The van der Waals surface area contributed by atoms with E-state index in [1.807, 2.05) is 0 Å². The summed E-state index contributed by atoms with van der Waals surface area (Å²) in [7, 11) is 0. The average Bonchev–Trinajstić information content (AvgIpc) is 2.67. The van der Waals surface area contributed by atoms with Gasteiger partial charge >= 0.3 is 0 Å². The smallest absolute Gasteiger partial charge is 0.258 e. The van der Waals surface area contributed by atoms with E-state index in [4.69, 9.17) is 5.73 Å². The molecule has 2 aromatic rings. The molecule has 1 heterocycles. The zero-order chi connectivity index (χ0) is 10.8. The minimum atomic E-state index is -0.484. The third kappa shape index (κ3) is 1.89. The highest BCUT2D eigenvalue weighted by atomic mass is 32.1. The van der Waals surface area contributed by atoms with Crippen molar-refractivity contribution in [2.45, 2.75) is 0 Å². The van der Waals surface area contributed by atoms with Crippen LogP contribution in [0, 0.1) is 5.82 Å². The second-order valence-corrected chi connectivity index (χ2v) is 4.09. The first-order valence-corrected chi connectivity index (χ1v) is 5.14. The number of hydrogen-bond donors (Lipinski definition) is 1. The fourth-order valence-corrected chi connectivity index (χ4v) is 2.16. The van der Waals surface area contributed by atoms with E-state index in [1.54, 1.807) is 30.3 Å². The van der Waals surface area contributed by atoms with Crippen LogP contribution in [0.15, 0.2) is 36.4 Å². The highest BCUT2D eigenvalue weighted by Crippen LogP contribution is 2.29. The average molecular weight is 221 g/mol. The normalized spacial score (nSPS) is 10.2. The molecule has 15 heavy (non-hydrogen) atoms. The van der Waals surface area contributed by atoms with Gasteiger partial charge in [-0.15, -0.1) is 11.3 Å². The molecule has 0 spiro atoms. The summed E-state index contributed by atoms with van der Waals surface area (Å²) in [5, 5.41) is 0. The first kappa shape index (κ1) is 9.86. The summed E-state index contributed by atoms with van der Waals surface area (Å²) in [4.78, 5) is 12.0. The van der Waals surface area contributed by atoms with E-state index >= 15 is 0 Å². The molecular formula is C11H8FNOS. The lowest BCUT2D eigenvalue weighted by Crippen LogP contribution is -2.07. The molecule has 0 saturated heterocycles. The molecular weight excluding hydrogens is 213 g/mol. The lowest BCUT2D eigenvalue weighted by atomic mass is 10.2. The fraction of sp³-hybridized carbons (Fsp3) is 0. The number of primary amides is 1. The van der Waals surface area contributed by atoms with Gasteiger partial charge in [0.1, 0.15) is 5.82 Å². The molecule has 0 aliphatic rings. The number of thiophene rings is 1. The van der Waals surface area contributed by atoms with Crippen molar-refractivity contribution in [1.29, 1.82) is 0 Å². The molecule has 0 aliphatic heterocycles. The van der Waals surface area contributed by atoms with E-state index in [1.165, 1.54) is 17.4 Å². The highest BCUT2D eigenvalue weighted by Gasteiger charge is 2.09. The summed E-state index contributed by atoms with van der Waals surface area (Å²) < 4.78 is 13.4. The molecule has 2 nitrogen and oxygen atoms in total. The zero-order valence-electron chi connectivity index (χ0n) is 7.74. The van der Waals surface area contributed by atoms with Crippen molar-refractivity contribution < 1.29 is 9.18 Å². The van der Waals surface area contributed by atoms with Gasteiger partial charge in [-0.2, -0.15) is 0 Å². The minimum absolute atomic E-state index is 0.296. The Bertz CT molecular complexity index is 507. The molecule has 0 bridgehead atoms. The van der Waals surface area contributed by atoms with Gasteiger partial charge in [0.15, 0.2) is 0 Å².